The number of hydrogen-bond acceptors (Lipinski definition) is 3. The van der Waals surface area contributed by atoms with Gasteiger partial charge in [-0.3, -0.25) is 4.79 Å². The average molecular weight is 285 g/mol. The van der Waals surface area contributed by atoms with Gasteiger partial charge in [0.05, 0.1) is 30.5 Å². The second-order valence-corrected chi connectivity index (χ2v) is 5.48. The number of carbonyl (C=O) groups is 1. The number of amides is 1. The summed E-state index contributed by atoms with van der Waals surface area (Å²) in [6.07, 6.45) is 2.92. The number of rotatable bonds is 2. The highest BCUT2D eigenvalue weighted by Gasteiger charge is 2.37. The molecule has 0 spiro atoms. The van der Waals surface area contributed by atoms with Crippen LogP contribution in [0.3, 0.4) is 0 Å². The Morgan fingerprint density at radius 2 is 1.95 bits per heavy atom. The van der Waals surface area contributed by atoms with E-state index in [4.69, 9.17) is 9.15 Å². The zero-order chi connectivity index (χ0) is 14.8. The Bertz CT molecular complexity index is 594. The van der Waals surface area contributed by atoms with Crippen LogP contribution in [-0.2, 0) is 4.74 Å². The van der Waals surface area contributed by atoms with E-state index in [1.807, 2.05) is 49.1 Å². The molecule has 1 aromatic heterocycles. The predicted molar refractivity (Wildman–Crippen MR) is 78.9 cm³/mol. The van der Waals surface area contributed by atoms with Crippen molar-refractivity contribution in [3.05, 3.63) is 60.1 Å². The summed E-state index contributed by atoms with van der Waals surface area (Å²) in [7, 11) is 0. The number of morpholine rings is 1. The number of hydrogen-bond donors (Lipinski definition) is 0. The maximum Gasteiger partial charge on any atom is 0.257 e. The summed E-state index contributed by atoms with van der Waals surface area (Å²) in [5.41, 5.74) is 1.68. The normalized spacial score (nSPS) is 25.8. The third kappa shape index (κ3) is 2.59. The van der Waals surface area contributed by atoms with E-state index < -0.39 is 0 Å². The molecule has 0 radical (unpaired) electrons. The summed E-state index contributed by atoms with van der Waals surface area (Å²) in [5, 5.41) is 0. The summed E-state index contributed by atoms with van der Waals surface area (Å²) < 4.78 is 11.0. The highest BCUT2D eigenvalue weighted by molar-refractivity contribution is 5.94. The third-order valence-electron chi connectivity index (χ3n) is 4.00. The lowest BCUT2D eigenvalue weighted by atomic mass is 9.98. The smallest absolute Gasteiger partial charge is 0.257 e. The average Bonchev–Trinajstić information content (AvgIpc) is 3.02. The Balaban J connectivity index is 1.87. The molecule has 4 nitrogen and oxygen atoms in total. The Labute approximate surface area is 124 Å². The molecular weight excluding hydrogens is 266 g/mol. The first-order chi connectivity index (χ1) is 10.2. The van der Waals surface area contributed by atoms with Gasteiger partial charge in [-0.2, -0.15) is 0 Å². The summed E-state index contributed by atoms with van der Waals surface area (Å²) in [5.74, 6) is -0.00650. The van der Waals surface area contributed by atoms with Crippen molar-refractivity contribution in [1.29, 1.82) is 0 Å². The molecular formula is C17H19NO3. The SMILES string of the molecule is C[C@@H]1CO[C@@H](c2ccccc2)[C@@H](C)N1C(=O)c1ccoc1. The van der Waals surface area contributed by atoms with Crippen molar-refractivity contribution < 1.29 is 13.9 Å². The maximum atomic E-state index is 12.7. The molecule has 0 bridgehead atoms. The van der Waals surface area contributed by atoms with Gasteiger partial charge >= 0.3 is 0 Å². The highest BCUT2D eigenvalue weighted by atomic mass is 16.5. The molecule has 0 aliphatic carbocycles. The van der Waals surface area contributed by atoms with Crippen molar-refractivity contribution >= 4 is 5.91 Å². The van der Waals surface area contributed by atoms with Crippen LogP contribution >= 0.6 is 0 Å². The number of benzene rings is 1. The van der Waals surface area contributed by atoms with Crippen LogP contribution in [0, 0.1) is 0 Å². The topological polar surface area (TPSA) is 42.7 Å². The molecule has 1 amide bonds. The van der Waals surface area contributed by atoms with Crippen LogP contribution in [-0.4, -0.2) is 29.5 Å². The van der Waals surface area contributed by atoms with Gasteiger partial charge in [0, 0.05) is 0 Å². The molecule has 1 aliphatic rings. The number of nitrogens with zero attached hydrogens (tertiary/aromatic N) is 1. The van der Waals surface area contributed by atoms with Crippen molar-refractivity contribution in [3.63, 3.8) is 0 Å². The molecule has 0 unspecified atom stereocenters. The minimum absolute atomic E-state index is 0.00650. The molecule has 1 aliphatic heterocycles. The van der Waals surface area contributed by atoms with E-state index in [-0.39, 0.29) is 24.1 Å². The fraction of sp³-hybridized carbons (Fsp3) is 0.353. The second-order valence-electron chi connectivity index (χ2n) is 5.48. The first-order valence-corrected chi connectivity index (χ1v) is 7.20. The molecule has 0 N–H and O–H groups in total. The van der Waals surface area contributed by atoms with E-state index in [9.17, 15) is 4.79 Å². The Morgan fingerprint density at radius 1 is 1.19 bits per heavy atom. The van der Waals surface area contributed by atoms with E-state index in [0.29, 0.717) is 12.2 Å². The predicted octanol–water partition coefficient (Wildman–Crippen LogP) is 3.27. The quantitative estimate of drug-likeness (QED) is 0.850. The summed E-state index contributed by atoms with van der Waals surface area (Å²) in [6.45, 7) is 4.58. The monoisotopic (exact) mass is 285 g/mol. The van der Waals surface area contributed by atoms with Gasteiger partial charge in [0.2, 0.25) is 0 Å². The summed E-state index contributed by atoms with van der Waals surface area (Å²) in [6, 6.07) is 11.8. The van der Waals surface area contributed by atoms with Crippen LogP contribution in [0.1, 0.15) is 35.9 Å². The first kappa shape index (κ1) is 13.9. The Morgan fingerprint density at radius 3 is 2.62 bits per heavy atom. The highest BCUT2D eigenvalue weighted by Crippen LogP contribution is 2.31. The molecule has 1 saturated heterocycles. The van der Waals surface area contributed by atoms with Crippen molar-refractivity contribution in [2.45, 2.75) is 32.0 Å². The fourth-order valence-electron chi connectivity index (χ4n) is 2.95. The van der Waals surface area contributed by atoms with Crippen LogP contribution in [0.25, 0.3) is 0 Å². The van der Waals surface area contributed by atoms with Gasteiger partial charge < -0.3 is 14.1 Å². The molecule has 0 saturated carbocycles. The van der Waals surface area contributed by atoms with E-state index in [1.54, 1.807) is 6.07 Å². The molecule has 110 valence electrons. The molecule has 3 atom stereocenters. The Kier molecular flexibility index (Phi) is 3.80. The zero-order valence-electron chi connectivity index (χ0n) is 12.2. The molecule has 1 fully saturated rings. The molecule has 3 rings (SSSR count). The van der Waals surface area contributed by atoms with E-state index in [1.165, 1.54) is 12.5 Å². The number of furan rings is 1. The zero-order valence-corrected chi connectivity index (χ0v) is 12.2. The lowest BCUT2D eigenvalue weighted by Crippen LogP contribution is -2.53. The van der Waals surface area contributed by atoms with Gasteiger partial charge in [-0.15, -0.1) is 0 Å². The van der Waals surface area contributed by atoms with Crippen LogP contribution in [0.2, 0.25) is 0 Å². The Hall–Kier alpha value is -2.07. The molecule has 2 heterocycles. The van der Waals surface area contributed by atoms with Gasteiger partial charge in [-0.05, 0) is 25.5 Å². The largest absolute Gasteiger partial charge is 0.472 e. The van der Waals surface area contributed by atoms with Gasteiger partial charge in [-0.1, -0.05) is 30.3 Å². The lowest BCUT2D eigenvalue weighted by molar-refractivity contribution is -0.0806. The van der Waals surface area contributed by atoms with Crippen molar-refractivity contribution in [3.8, 4) is 0 Å². The minimum atomic E-state index is -0.0988. The maximum absolute atomic E-state index is 12.7. The lowest BCUT2D eigenvalue weighted by Gasteiger charge is -2.43. The molecule has 1 aromatic carbocycles. The second kappa shape index (κ2) is 5.74. The number of carbonyl (C=O) groups excluding carboxylic acids is 1. The van der Waals surface area contributed by atoms with Gasteiger partial charge in [0.1, 0.15) is 12.4 Å². The molecule has 21 heavy (non-hydrogen) atoms. The van der Waals surface area contributed by atoms with Crippen molar-refractivity contribution in [2.75, 3.05) is 6.61 Å². The van der Waals surface area contributed by atoms with Crippen LogP contribution in [0.4, 0.5) is 0 Å². The summed E-state index contributed by atoms with van der Waals surface area (Å²) >= 11 is 0. The fourth-order valence-corrected chi connectivity index (χ4v) is 2.95. The van der Waals surface area contributed by atoms with Crippen LogP contribution in [0.5, 0.6) is 0 Å². The first-order valence-electron chi connectivity index (χ1n) is 7.20. The minimum Gasteiger partial charge on any atom is -0.472 e. The van der Waals surface area contributed by atoms with Crippen LogP contribution in [0.15, 0.2) is 53.3 Å². The molecule has 2 aromatic rings. The van der Waals surface area contributed by atoms with Crippen LogP contribution < -0.4 is 0 Å². The van der Waals surface area contributed by atoms with Gasteiger partial charge in [-0.25, -0.2) is 0 Å². The van der Waals surface area contributed by atoms with Gasteiger partial charge in [0.15, 0.2) is 0 Å². The standard InChI is InChI=1S/C17H19NO3/c1-12-10-21-16(14-6-4-3-5-7-14)13(2)18(12)17(19)15-8-9-20-11-15/h3-9,11-13,16H,10H2,1-2H3/t12-,13-,16-/m1/s1. The van der Waals surface area contributed by atoms with Crippen molar-refractivity contribution in [1.82, 2.24) is 4.90 Å². The molecule has 4 heteroatoms. The van der Waals surface area contributed by atoms with Gasteiger partial charge in [0.25, 0.3) is 5.91 Å². The van der Waals surface area contributed by atoms with E-state index in [0.717, 1.165) is 5.56 Å². The van der Waals surface area contributed by atoms with E-state index in [2.05, 4.69) is 0 Å². The summed E-state index contributed by atoms with van der Waals surface area (Å²) in [4.78, 5) is 14.6. The third-order valence-corrected chi connectivity index (χ3v) is 4.00. The van der Waals surface area contributed by atoms with E-state index >= 15 is 0 Å². The number of ether oxygens (including phenoxy) is 1. The van der Waals surface area contributed by atoms with Crippen molar-refractivity contribution in [2.24, 2.45) is 0 Å².